The average molecular weight is 274 g/mol. The van der Waals surface area contributed by atoms with Crippen LogP contribution >= 0.6 is 0 Å². The van der Waals surface area contributed by atoms with E-state index in [-0.39, 0.29) is 36.5 Å². The third-order valence-corrected chi connectivity index (χ3v) is 3.70. The summed E-state index contributed by atoms with van der Waals surface area (Å²) in [7, 11) is 0. The number of amides is 3. The van der Waals surface area contributed by atoms with Crippen molar-refractivity contribution in [3.05, 3.63) is 35.9 Å². The minimum absolute atomic E-state index is 0.0417. The maximum atomic E-state index is 12.5. The van der Waals surface area contributed by atoms with Crippen molar-refractivity contribution < 1.29 is 9.59 Å². The van der Waals surface area contributed by atoms with Gasteiger partial charge in [0.05, 0.1) is 6.04 Å². The lowest BCUT2D eigenvalue weighted by atomic mass is 9.94. The van der Waals surface area contributed by atoms with E-state index >= 15 is 0 Å². The summed E-state index contributed by atoms with van der Waals surface area (Å²) in [4.78, 5) is 27.8. The minimum atomic E-state index is -0.194. The molecule has 108 valence electrons. The molecule has 0 N–H and O–H groups in total. The van der Waals surface area contributed by atoms with E-state index in [1.165, 1.54) is 4.90 Å². The zero-order valence-electron chi connectivity index (χ0n) is 12.5. The molecule has 2 rings (SSSR count). The van der Waals surface area contributed by atoms with E-state index in [0.29, 0.717) is 0 Å². The molecule has 1 aliphatic heterocycles. The summed E-state index contributed by atoms with van der Waals surface area (Å²) in [5, 5.41) is 0. The van der Waals surface area contributed by atoms with Gasteiger partial charge in [0.15, 0.2) is 0 Å². The Morgan fingerprint density at radius 2 is 1.60 bits per heavy atom. The molecule has 4 nitrogen and oxygen atoms in total. The molecule has 4 heteroatoms. The van der Waals surface area contributed by atoms with E-state index in [2.05, 4.69) is 0 Å². The Hall–Kier alpha value is -1.84. The Kier molecular flexibility index (Phi) is 4.12. The number of rotatable bonds is 4. The van der Waals surface area contributed by atoms with Crippen LogP contribution in [0.5, 0.6) is 0 Å². The number of imide groups is 1. The summed E-state index contributed by atoms with van der Waals surface area (Å²) in [6, 6.07) is 9.44. The van der Waals surface area contributed by atoms with Crippen LogP contribution in [0.15, 0.2) is 30.3 Å². The number of nitrogens with zero attached hydrogens (tertiary/aromatic N) is 2. The molecule has 0 unspecified atom stereocenters. The van der Waals surface area contributed by atoms with E-state index in [1.807, 2.05) is 58.0 Å². The molecule has 1 saturated heterocycles. The van der Waals surface area contributed by atoms with Gasteiger partial charge < -0.3 is 4.90 Å². The van der Waals surface area contributed by atoms with Gasteiger partial charge in [-0.15, -0.1) is 0 Å². The predicted molar refractivity (Wildman–Crippen MR) is 78.1 cm³/mol. The first kappa shape index (κ1) is 14.6. The van der Waals surface area contributed by atoms with Crippen molar-refractivity contribution in [2.75, 3.05) is 6.54 Å². The van der Waals surface area contributed by atoms with Crippen molar-refractivity contribution in [3.8, 4) is 0 Å². The second-order valence-electron chi connectivity index (χ2n) is 5.87. The molecule has 1 fully saturated rings. The lowest BCUT2D eigenvalue weighted by Crippen LogP contribution is -2.40. The molecule has 0 spiro atoms. The summed E-state index contributed by atoms with van der Waals surface area (Å²) in [6.07, 6.45) is 0. The molecule has 0 aromatic heterocycles. The fourth-order valence-electron chi connectivity index (χ4n) is 2.69. The fraction of sp³-hybridized carbons (Fsp3) is 0.500. The number of carbonyl (C=O) groups is 2. The maximum Gasteiger partial charge on any atom is 0.328 e. The third-order valence-electron chi connectivity index (χ3n) is 3.70. The van der Waals surface area contributed by atoms with Gasteiger partial charge in [0, 0.05) is 6.04 Å². The van der Waals surface area contributed by atoms with Crippen LogP contribution in [-0.4, -0.2) is 34.3 Å². The zero-order chi connectivity index (χ0) is 14.9. The van der Waals surface area contributed by atoms with Crippen LogP contribution in [0.2, 0.25) is 0 Å². The molecule has 20 heavy (non-hydrogen) atoms. The SMILES string of the molecule is CC(C)[C@@H](c1ccccc1)N1C(=O)CN(C(C)C)C1=O. The fourth-order valence-corrected chi connectivity index (χ4v) is 2.69. The van der Waals surface area contributed by atoms with E-state index in [4.69, 9.17) is 0 Å². The van der Waals surface area contributed by atoms with Gasteiger partial charge in [-0.1, -0.05) is 44.2 Å². The standard InChI is InChI=1S/C16H22N2O2/c1-11(2)15(13-8-6-5-7-9-13)18-14(19)10-17(12(3)4)16(18)20/h5-9,11-12,15H,10H2,1-4H3/t15-/m0/s1. The number of hydrogen-bond donors (Lipinski definition) is 0. The van der Waals surface area contributed by atoms with Crippen molar-refractivity contribution in [1.82, 2.24) is 9.80 Å². The van der Waals surface area contributed by atoms with Crippen LogP contribution in [0.3, 0.4) is 0 Å². The number of hydrogen-bond acceptors (Lipinski definition) is 2. The smallest absolute Gasteiger partial charge is 0.313 e. The topological polar surface area (TPSA) is 40.6 Å². The van der Waals surface area contributed by atoms with Gasteiger partial charge in [0.25, 0.3) is 5.91 Å². The minimum Gasteiger partial charge on any atom is -0.313 e. The van der Waals surface area contributed by atoms with Gasteiger partial charge in [-0.25, -0.2) is 4.79 Å². The molecule has 3 amide bonds. The highest BCUT2D eigenvalue weighted by molar-refractivity contribution is 6.02. The maximum absolute atomic E-state index is 12.5. The normalized spacial score (nSPS) is 17.5. The summed E-state index contributed by atoms with van der Waals surface area (Å²) in [6.45, 7) is 8.13. The molecular weight excluding hydrogens is 252 g/mol. The summed E-state index contributed by atoms with van der Waals surface area (Å²) in [5.74, 6) is 0.0728. The van der Waals surface area contributed by atoms with Crippen LogP contribution < -0.4 is 0 Å². The first-order valence-electron chi connectivity index (χ1n) is 7.11. The van der Waals surface area contributed by atoms with E-state index < -0.39 is 0 Å². The summed E-state index contributed by atoms with van der Waals surface area (Å²) in [5.41, 5.74) is 1.01. The molecule has 1 aliphatic rings. The largest absolute Gasteiger partial charge is 0.328 e. The van der Waals surface area contributed by atoms with Crippen LogP contribution in [0, 0.1) is 5.92 Å². The molecule has 1 aromatic carbocycles. The molecule has 0 bridgehead atoms. The first-order chi connectivity index (χ1) is 9.43. The first-order valence-corrected chi connectivity index (χ1v) is 7.11. The van der Waals surface area contributed by atoms with E-state index in [0.717, 1.165) is 5.56 Å². The number of carbonyl (C=O) groups excluding carboxylic acids is 2. The zero-order valence-corrected chi connectivity index (χ0v) is 12.5. The molecular formula is C16H22N2O2. The molecule has 1 heterocycles. The highest BCUT2D eigenvalue weighted by Crippen LogP contribution is 2.32. The number of benzene rings is 1. The average Bonchev–Trinajstić information content (AvgIpc) is 2.68. The van der Waals surface area contributed by atoms with E-state index in [1.54, 1.807) is 4.90 Å². The van der Waals surface area contributed by atoms with Gasteiger partial charge in [-0.3, -0.25) is 9.69 Å². The second-order valence-corrected chi connectivity index (χ2v) is 5.87. The van der Waals surface area contributed by atoms with Crippen LogP contribution in [-0.2, 0) is 4.79 Å². The third kappa shape index (κ3) is 2.55. The van der Waals surface area contributed by atoms with E-state index in [9.17, 15) is 9.59 Å². The summed E-state index contributed by atoms with van der Waals surface area (Å²) < 4.78 is 0. The Labute approximate surface area is 120 Å². The quantitative estimate of drug-likeness (QED) is 0.792. The molecule has 1 atom stereocenters. The van der Waals surface area contributed by atoms with Crippen LogP contribution in [0.1, 0.15) is 39.3 Å². The lowest BCUT2D eigenvalue weighted by molar-refractivity contribution is -0.127. The Balaban J connectivity index is 2.36. The second kappa shape index (κ2) is 5.65. The predicted octanol–water partition coefficient (Wildman–Crippen LogP) is 3.06. The molecule has 0 aliphatic carbocycles. The van der Waals surface area contributed by atoms with Gasteiger partial charge in [-0.2, -0.15) is 0 Å². The Morgan fingerprint density at radius 1 is 1.00 bits per heavy atom. The molecule has 1 aromatic rings. The van der Waals surface area contributed by atoms with Crippen molar-refractivity contribution in [3.63, 3.8) is 0 Å². The van der Waals surface area contributed by atoms with Crippen molar-refractivity contribution in [2.24, 2.45) is 5.92 Å². The van der Waals surface area contributed by atoms with Gasteiger partial charge >= 0.3 is 6.03 Å². The molecule has 0 saturated carbocycles. The van der Waals surface area contributed by atoms with Gasteiger partial charge in [-0.05, 0) is 25.3 Å². The van der Waals surface area contributed by atoms with Crippen LogP contribution in [0.4, 0.5) is 4.79 Å². The van der Waals surface area contributed by atoms with Crippen molar-refractivity contribution in [2.45, 2.75) is 39.8 Å². The highest BCUT2D eigenvalue weighted by atomic mass is 16.2. The van der Waals surface area contributed by atoms with Crippen LogP contribution in [0.25, 0.3) is 0 Å². The Bertz CT molecular complexity index is 496. The highest BCUT2D eigenvalue weighted by Gasteiger charge is 2.42. The van der Waals surface area contributed by atoms with Gasteiger partial charge in [0.1, 0.15) is 6.54 Å². The molecule has 0 radical (unpaired) electrons. The van der Waals surface area contributed by atoms with Gasteiger partial charge in [0.2, 0.25) is 0 Å². The Morgan fingerprint density at radius 3 is 2.05 bits per heavy atom. The lowest BCUT2D eigenvalue weighted by Gasteiger charge is -2.30. The van der Waals surface area contributed by atoms with Crippen molar-refractivity contribution in [1.29, 1.82) is 0 Å². The number of urea groups is 1. The van der Waals surface area contributed by atoms with Crippen molar-refractivity contribution >= 4 is 11.9 Å². The monoisotopic (exact) mass is 274 g/mol. The summed E-state index contributed by atoms with van der Waals surface area (Å²) >= 11 is 0.